The normalized spacial score (nSPS) is 16.3. The van der Waals surface area contributed by atoms with Crippen molar-refractivity contribution in [2.75, 3.05) is 37.6 Å². The van der Waals surface area contributed by atoms with Gasteiger partial charge in [-0.15, -0.1) is 0 Å². The van der Waals surface area contributed by atoms with Gasteiger partial charge >= 0.3 is 0 Å². The Bertz CT molecular complexity index is 511. The molecular weight excluding hydrogens is 242 g/mol. The lowest BCUT2D eigenvalue weighted by Gasteiger charge is -2.33. The van der Waals surface area contributed by atoms with E-state index in [0.717, 1.165) is 39.1 Å². The largest absolute Gasteiger partial charge is 0.349 e. The van der Waals surface area contributed by atoms with Crippen LogP contribution in [0.3, 0.4) is 0 Å². The molecule has 1 fully saturated rings. The molecule has 1 aromatic heterocycles. The highest BCUT2D eigenvalue weighted by Crippen LogP contribution is 2.08. The molecule has 0 spiro atoms. The van der Waals surface area contributed by atoms with E-state index in [4.69, 9.17) is 5.26 Å². The zero-order chi connectivity index (χ0) is 13.7. The van der Waals surface area contributed by atoms with Crippen molar-refractivity contribution in [2.24, 2.45) is 0 Å². The van der Waals surface area contributed by atoms with Gasteiger partial charge in [-0.05, 0) is 6.42 Å². The highest BCUT2D eigenvalue weighted by atomic mass is 16.1. The second kappa shape index (κ2) is 6.34. The van der Waals surface area contributed by atoms with Gasteiger partial charge in [-0.1, -0.05) is 6.92 Å². The van der Waals surface area contributed by atoms with Crippen molar-refractivity contribution in [1.29, 1.82) is 5.26 Å². The summed E-state index contributed by atoms with van der Waals surface area (Å²) in [5, 5.41) is 8.67. The molecule has 0 aromatic carbocycles. The molecule has 1 aromatic rings. The van der Waals surface area contributed by atoms with E-state index in [1.54, 1.807) is 17.0 Å². The van der Waals surface area contributed by atoms with E-state index in [1.807, 2.05) is 11.8 Å². The van der Waals surface area contributed by atoms with Gasteiger partial charge in [0.15, 0.2) is 5.82 Å². The SMILES string of the molecule is CCCn1ccnc(N2CCN(CC#N)CC2)c1=O. The number of aromatic nitrogens is 2. The van der Waals surface area contributed by atoms with Gasteiger partial charge < -0.3 is 9.47 Å². The Labute approximate surface area is 112 Å². The smallest absolute Gasteiger partial charge is 0.293 e. The molecule has 102 valence electrons. The molecule has 1 aliphatic heterocycles. The predicted molar refractivity (Wildman–Crippen MR) is 73.1 cm³/mol. The van der Waals surface area contributed by atoms with Crippen LogP contribution >= 0.6 is 0 Å². The first-order chi connectivity index (χ1) is 9.26. The number of nitrogens with zero attached hydrogens (tertiary/aromatic N) is 5. The molecule has 0 bridgehead atoms. The number of anilines is 1. The van der Waals surface area contributed by atoms with Gasteiger partial charge in [-0.25, -0.2) is 4.98 Å². The van der Waals surface area contributed by atoms with Crippen molar-refractivity contribution >= 4 is 5.82 Å². The van der Waals surface area contributed by atoms with Crippen molar-refractivity contribution < 1.29 is 0 Å². The number of nitriles is 1. The number of piperazine rings is 1. The predicted octanol–water partition coefficient (Wildman–Crippen LogP) is 0.299. The Hall–Kier alpha value is -1.87. The topological polar surface area (TPSA) is 65.2 Å². The number of hydrogen-bond acceptors (Lipinski definition) is 5. The minimum atomic E-state index is -0.0157. The molecule has 6 nitrogen and oxygen atoms in total. The molecular formula is C13H19N5O. The van der Waals surface area contributed by atoms with Crippen LogP contribution in [0.1, 0.15) is 13.3 Å². The summed E-state index contributed by atoms with van der Waals surface area (Å²) in [6.45, 7) is 6.33. The summed E-state index contributed by atoms with van der Waals surface area (Å²) < 4.78 is 1.71. The number of rotatable bonds is 4. The molecule has 0 unspecified atom stereocenters. The summed E-state index contributed by atoms with van der Waals surface area (Å²) in [6, 6.07) is 2.16. The van der Waals surface area contributed by atoms with Gasteiger partial charge in [0.05, 0.1) is 12.6 Å². The Kier molecular flexibility index (Phi) is 4.53. The zero-order valence-electron chi connectivity index (χ0n) is 11.2. The molecule has 0 N–H and O–H groups in total. The van der Waals surface area contributed by atoms with E-state index in [9.17, 15) is 4.79 Å². The van der Waals surface area contributed by atoms with Crippen LogP contribution in [0.5, 0.6) is 0 Å². The van der Waals surface area contributed by atoms with E-state index in [-0.39, 0.29) is 5.56 Å². The summed E-state index contributed by atoms with van der Waals surface area (Å²) in [6.07, 6.45) is 4.36. The van der Waals surface area contributed by atoms with Crippen LogP contribution in [0.25, 0.3) is 0 Å². The van der Waals surface area contributed by atoms with Gasteiger partial charge in [0, 0.05) is 45.1 Å². The molecule has 0 aliphatic carbocycles. The first kappa shape index (κ1) is 13.6. The molecule has 19 heavy (non-hydrogen) atoms. The van der Waals surface area contributed by atoms with Crippen LogP contribution < -0.4 is 10.5 Å². The Balaban J connectivity index is 2.10. The molecule has 0 atom stereocenters. The van der Waals surface area contributed by atoms with Crippen LogP contribution in [-0.4, -0.2) is 47.2 Å². The quantitative estimate of drug-likeness (QED) is 0.729. The molecule has 1 aliphatic rings. The van der Waals surface area contributed by atoms with Crippen molar-refractivity contribution in [3.8, 4) is 6.07 Å². The van der Waals surface area contributed by atoms with E-state index >= 15 is 0 Å². The summed E-state index contributed by atoms with van der Waals surface area (Å²) in [7, 11) is 0. The maximum absolute atomic E-state index is 12.3. The Morgan fingerprint density at radius 2 is 2.11 bits per heavy atom. The maximum Gasteiger partial charge on any atom is 0.293 e. The van der Waals surface area contributed by atoms with Gasteiger partial charge in [0.1, 0.15) is 0 Å². The van der Waals surface area contributed by atoms with Gasteiger partial charge in [0.25, 0.3) is 5.56 Å². The van der Waals surface area contributed by atoms with Crippen LogP contribution in [0.15, 0.2) is 17.2 Å². The Morgan fingerprint density at radius 3 is 2.74 bits per heavy atom. The number of aryl methyl sites for hydroxylation is 1. The fourth-order valence-corrected chi connectivity index (χ4v) is 2.29. The molecule has 6 heteroatoms. The average Bonchev–Trinajstić information content (AvgIpc) is 2.43. The lowest BCUT2D eigenvalue weighted by molar-refractivity contribution is 0.286. The van der Waals surface area contributed by atoms with Crippen molar-refractivity contribution in [3.63, 3.8) is 0 Å². The molecule has 0 radical (unpaired) electrons. The lowest BCUT2D eigenvalue weighted by Crippen LogP contribution is -2.48. The first-order valence-electron chi connectivity index (χ1n) is 6.66. The summed E-state index contributed by atoms with van der Waals surface area (Å²) in [5.41, 5.74) is -0.0157. The first-order valence-corrected chi connectivity index (χ1v) is 6.66. The molecule has 0 amide bonds. The monoisotopic (exact) mass is 261 g/mol. The van der Waals surface area contributed by atoms with Crippen LogP contribution in [0.2, 0.25) is 0 Å². The summed E-state index contributed by atoms with van der Waals surface area (Å²) >= 11 is 0. The fourth-order valence-electron chi connectivity index (χ4n) is 2.29. The zero-order valence-corrected chi connectivity index (χ0v) is 11.2. The average molecular weight is 261 g/mol. The van der Waals surface area contributed by atoms with Crippen molar-refractivity contribution in [1.82, 2.24) is 14.5 Å². The van der Waals surface area contributed by atoms with Crippen LogP contribution in [0.4, 0.5) is 5.82 Å². The second-order valence-electron chi connectivity index (χ2n) is 4.67. The third-order valence-electron chi connectivity index (χ3n) is 3.33. The highest BCUT2D eigenvalue weighted by molar-refractivity contribution is 5.36. The highest BCUT2D eigenvalue weighted by Gasteiger charge is 2.20. The van der Waals surface area contributed by atoms with E-state index in [2.05, 4.69) is 16.0 Å². The molecule has 2 heterocycles. The maximum atomic E-state index is 12.3. The molecule has 2 rings (SSSR count). The summed E-state index contributed by atoms with van der Waals surface area (Å²) in [5.74, 6) is 0.535. The van der Waals surface area contributed by atoms with Gasteiger partial charge in [0.2, 0.25) is 0 Å². The van der Waals surface area contributed by atoms with E-state index in [0.29, 0.717) is 12.4 Å². The van der Waals surface area contributed by atoms with Crippen LogP contribution in [-0.2, 0) is 6.54 Å². The summed E-state index contributed by atoms with van der Waals surface area (Å²) in [4.78, 5) is 20.6. The molecule has 1 saturated heterocycles. The Morgan fingerprint density at radius 1 is 1.37 bits per heavy atom. The van der Waals surface area contributed by atoms with Gasteiger partial charge in [-0.3, -0.25) is 9.69 Å². The van der Waals surface area contributed by atoms with E-state index in [1.165, 1.54) is 0 Å². The minimum absolute atomic E-state index is 0.0157. The van der Waals surface area contributed by atoms with Gasteiger partial charge in [-0.2, -0.15) is 5.26 Å². The second-order valence-corrected chi connectivity index (χ2v) is 4.67. The van der Waals surface area contributed by atoms with Crippen molar-refractivity contribution in [2.45, 2.75) is 19.9 Å². The number of hydrogen-bond donors (Lipinski definition) is 0. The van der Waals surface area contributed by atoms with Crippen LogP contribution in [0, 0.1) is 11.3 Å². The van der Waals surface area contributed by atoms with E-state index < -0.39 is 0 Å². The third-order valence-corrected chi connectivity index (χ3v) is 3.33. The molecule has 0 saturated carbocycles. The standard InChI is InChI=1S/C13H19N5O/c1-2-5-18-7-4-15-12(13(18)19)17-10-8-16(6-3-14)9-11-17/h4,7H,2,5-6,8-11H2,1H3. The lowest BCUT2D eigenvalue weighted by atomic mass is 10.3. The fraction of sp³-hybridized carbons (Fsp3) is 0.615. The third kappa shape index (κ3) is 3.12. The minimum Gasteiger partial charge on any atom is -0.349 e. The van der Waals surface area contributed by atoms with Crippen molar-refractivity contribution in [3.05, 3.63) is 22.7 Å².